The van der Waals surface area contributed by atoms with Gasteiger partial charge in [-0.2, -0.15) is 0 Å². The van der Waals surface area contributed by atoms with Gasteiger partial charge in [0, 0.05) is 16.1 Å². The van der Waals surface area contributed by atoms with Crippen molar-refractivity contribution in [1.82, 2.24) is 5.32 Å². The van der Waals surface area contributed by atoms with Gasteiger partial charge < -0.3 is 5.32 Å². The van der Waals surface area contributed by atoms with Gasteiger partial charge in [-0.25, -0.2) is 0 Å². The lowest BCUT2D eigenvalue weighted by Crippen LogP contribution is -2.17. The molecule has 0 aliphatic heterocycles. The van der Waals surface area contributed by atoms with E-state index in [0.29, 0.717) is 11.1 Å². The minimum Gasteiger partial charge on any atom is -0.313 e. The highest BCUT2D eigenvalue weighted by molar-refractivity contribution is 6.35. The molecule has 1 aliphatic carbocycles. The number of rotatable bonds is 4. The summed E-state index contributed by atoms with van der Waals surface area (Å²) in [7, 11) is 1.98. The van der Waals surface area contributed by atoms with Crippen molar-refractivity contribution in [3.8, 4) is 0 Å². The topological polar surface area (TPSA) is 12.0 Å². The molecule has 1 atom stereocenters. The molecule has 1 fully saturated rings. The molecule has 1 aliphatic rings. The lowest BCUT2D eigenvalue weighted by atomic mass is 10.0. The highest BCUT2D eigenvalue weighted by atomic mass is 35.5. The maximum atomic E-state index is 6.18. The summed E-state index contributed by atoms with van der Waals surface area (Å²) in [6, 6.07) is 6.10. The zero-order valence-electron chi connectivity index (χ0n) is 8.76. The quantitative estimate of drug-likeness (QED) is 0.842. The smallest absolute Gasteiger partial charge is 0.0468 e. The Labute approximate surface area is 101 Å². The van der Waals surface area contributed by atoms with E-state index < -0.39 is 0 Å². The third kappa shape index (κ3) is 2.87. The van der Waals surface area contributed by atoms with Crippen LogP contribution in [0.15, 0.2) is 18.2 Å². The molecule has 0 radical (unpaired) electrons. The molecule has 0 spiro atoms. The molecule has 82 valence electrons. The van der Waals surface area contributed by atoms with E-state index >= 15 is 0 Å². The van der Waals surface area contributed by atoms with Crippen LogP contribution in [0, 0.1) is 5.92 Å². The van der Waals surface area contributed by atoms with Gasteiger partial charge in [0.15, 0.2) is 0 Å². The zero-order valence-corrected chi connectivity index (χ0v) is 10.3. The predicted molar refractivity (Wildman–Crippen MR) is 65.6 cm³/mol. The first kappa shape index (κ1) is 11.3. The molecule has 1 N–H and O–H groups in total. The fourth-order valence-corrected chi connectivity index (χ4v) is 2.41. The Morgan fingerprint density at radius 1 is 1.40 bits per heavy atom. The van der Waals surface area contributed by atoms with Crippen LogP contribution in [0.4, 0.5) is 0 Å². The molecule has 0 heterocycles. The maximum Gasteiger partial charge on any atom is 0.0468 e. The fraction of sp³-hybridized carbons (Fsp3) is 0.500. The monoisotopic (exact) mass is 243 g/mol. The second-order valence-electron chi connectivity index (χ2n) is 4.19. The maximum absolute atomic E-state index is 6.18. The van der Waals surface area contributed by atoms with Crippen molar-refractivity contribution in [2.75, 3.05) is 7.05 Å². The Morgan fingerprint density at radius 3 is 2.67 bits per heavy atom. The number of hydrogen-bond acceptors (Lipinski definition) is 1. The summed E-state index contributed by atoms with van der Waals surface area (Å²) < 4.78 is 0. The standard InChI is InChI=1S/C12H15Cl2N/c1-15-12(6-8-2-3-8)10-5-4-9(13)7-11(10)14/h4-5,7-8,12,15H,2-3,6H2,1H3. The number of benzene rings is 1. The van der Waals surface area contributed by atoms with Gasteiger partial charge in [-0.1, -0.05) is 42.1 Å². The average molecular weight is 244 g/mol. The predicted octanol–water partition coefficient (Wildman–Crippen LogP) is 4.05. The Balaban J connectivity index is 2.16. The molecule has 1 aromatic carbocycles. The molecule has 15 heavy (non-hydrogen) atoms. The second-order valence-corrected chi connectivity index (χ2v) is 5.03. The van der Waals surface area contributed by atoms with Crippen LogP contribution in [0.3, 0.4) is 0 Å². The molecule has 0 saturated heterocycles. The van der Waals surface area contributed by atoms with Crippen LogP contribution in [-0.4, -0.2) is 7.05 Å². The van der Waals surface area contributed by atoms with Crippen LogP contribution in [-0.2, 0) is 0 Å². The van der Waals surface area contributed by atoms with Gasteiger partial charge in [-0.3, -0.25) is 0 Å². The molecule has 0 aromatic heterocycles. The van der Waals surface area contributed by atoms with Crippen molar-refractivity contribution in [2.24, 2.45) is 5.92 Å². The summed E-state index contributed by atoms with van der Waals surface area (Å²) in [6.07, 6.45) is 3.91. The van der Waals surface area contributed by atoms with Crippen LogP contribution >= 0.6 is 23.2 Å². The molecule has 1 saturated carbocycles. The molecule has 1 aromatic rings. The van der Waals surface area contributed by atoms with Gasteiger partial charge in [0.1, 0.15) is 0 Å². The van der Waals surface area contributed by atoms with Crippen LogP contribution in [0.5, 0.6) is 0 Å². The largest absolute Gasteiger partial charge is 0.313 e. The molecular formula is C12H15Cl2N. The van der Waals surface area contributed by atoms with Gasteiger partial charge >= 0.3 is 0 Å². The summed E-state index contributed by atoms with van der Waals surface area (Å²) in [4.78, 5) is 0. The van der Waals surface area contributed by atoms with Crippen LogP contribution in [0.25, 0.3) is 0 Å². The Bertz CT molecular complexity index is 347. The highest BCUT2D eigenvalue weighted by Crippen LogP contribution is 2.39. The van der Waals surface area contributed by atoms with Crippen molar-refractivity contribution >= 4 is 23.2 Å². The lowest BCUT2D eigenvalue weighted by Gasteiger charge is -2.17. The van der Waals surface area contributed by atoms with E-state index in [1.54, 1.807) is 0 Å². The van der Waals surface area contributed by atoms with E-state index in [4.69, 9.17) is 23.2 Å². The Kier molecular flexibility index (Phi) is 3.55. The van der Waals surface area contributed by atoms with Crippen molar-refractivity contribution in [1.29, 1.82) is 0 Å². The zero-order chi connectivity index (χ0) is 10.8. The number of halogens is 2. The van der Waals surface area contributed by atoms with Crippen LogP contribution in [0.1, 0.15) is 30.9 Å². The van der Waals surface area contributed by atoms with E-state index in [-0.39, 0.29) is 0 Å². The number of nitrogens with one attached hydrogen (secondary N) is 1. The van der Waals surface area contributed by atoms with Crippen molar-refractivity contribution in [3.63, 3.8) is 0 Å². The van der Waals surface area contributed by atoms with Gasteiger partial charge in [0.25, 0.3) is 0 Å². The highest BCUT2D eigenvalue weighted by Gasteiger charge is 2.26. The first-order valence-corrected chi connectivity index (χ1v) is 6.08. The summed E-state index contributed by atoms with van der Waals surface area (Å²) >= 11 is 12.1. The summed E-state index contributed by atoms with van der Waals surface area (Å²) in [5.41, 5.74) is 1.16. The molecule has 0 bridgehead atoms. The SMILES string of the molecule is CNC(CC1CC1)c1ccc(Cl)cc1Cl. The first-order valence-electron chi connectivity index (χ1n) is 5.33. The molecule has 1 nitrogen and oxygen atoms in total. The third-order valence-electron chi connectivity index (χ3n) is 2.95. The average Bonchev–Trinajstić information content (AvgIpc) is 2.99. The summed E-state index contributed by atoms with van der Waals surface area (Å²) in [6.45, 7) is 0. The molecule has 1 unspecified atom stereocenters. The molecule has 3 heteroatoms. The van der Waals surface area contributed by atoms with E-state index in [1.807, 2.05) is 25.2 Å². The normalized spacial score (nSPS) is 17.8. The van der Waals surface area contributed by atoms with Crippen molar-refractivity contribution < 1.29 is 0 Å². The van der Waals surface area contributed by atoms with Crippen LogP contribution < -0.4 is 5.32 Å². The van der Waals surface area contributed by atoms with E-state index in [9.17, 15) is 0 Å². The van der Waals surface area contributed by atoms with Gasteiger partial charge in [0.2, 0.25) is 0 Å². The van der Waals surface area contributed by atoms with Crippen molar-refractivity contribution in [2.45, 2.75) is 25.3 Å². The van der Waals surface area contributed by atoms with Gasteiger partial charge in [-0.05, 0) is 37.1 Å². The van der Waals surface area contributed by atoms with Crippen molar-refractivity contribution in [3.05, 3.63) is 33.8 Å². The molecule has 0 amide bonds. The fourth-order valence-electron chi connectivity index (χ4n) is 1.87. The second kappa shape index (κ2) is 4.73. The number of hydrogen-bond donors (Lipinski definition) is 1. The third-order valence-corrected chi connectivity index (χ3v) is 3.51. The lowest BCUT2D eigenvalue weighted by molar-refractivity contribution is 0.514. The summed E-state index contributed by atoms with van der Waals surface area (Å²) in [5.74, 6) is 0.884. The Morgan fingerprint density at radius 2 is 2.13 bits per heavy atom. The molecular weight excluding hydrogens is 229 g/mol. The van der Waals surface area contributed by atoms with Gasteiger partial charge in [0.05, 0.1) is 0 Å². The first-order chi connectivity index (χ1) is 7.20. The van der Waals surface area contributed by atoms with Crippen LogP contribution in [0.2, 0.25) is 10.0 Å². The van der Waals surface area contributed by atoms with E-state index in [1.165, 1.54) is 19.3 Å². The van der Waals surface area contributed by atoms with E-state index in [2.05, 4.69) is 5.32 Å². The molecule has 2 rings (SSSR count). The minimum atomic E-state index is 0.363. The van der Waals surface area contributed by atoms with Gasteiger partial charge in [-0.15, -0.1) is 0 Å². The van der Waals surface area contributed by atoms with E-state index in [0.717, 1.165) is 16.5 Å². The minimum absolute atomic E-state index is 0.363. The summed E-state index contributed by atoms with van der Waals surface area (Å²) in [5, 5.41) is 4.79. The Hall–Kier alpha value is -0.240.